The molecule has 0 aliphatic heterocycles. The van der Waals surface area contributed by atoms with Gasteiger partial charge in [-0.3, -0.25) is 4.68 Å². The number of halogens is 3. The SMILES string of the molecule is CNC(=S)Nc1cnn(Cc2cccc(C(F)(F)F)c2)c1. The molecule has 0 unspecified atom stereocenters. The highest BCUT2D eigenvalue weighted by Crippen LogP contribution is 2.29. The molecule has 0 saturated carbocycles. The summed E-state index contributed by atoms with van der Waals surface area (Å²) in [6.07, 6.45) is -1.12. The Hall–Kier alpha value is -2.09. The topological polar surface area (TPSA) is 41.9 Å². The normalized spacial score (nSPS) is 11.2. The van der Waals surface area contributed by atoms with Crippen molar-refractivity contribution in [2.24, 2.45) is 0 Å². The van der Waals surface area contributed by atoms with E-state index in [0.717, 1.165) is 12.1 Å². The van der Waals surface area contributed by atoms with E-state index in [2.05, 4.69) is 15.7 Å². The van der Waals surface area contributed by atoms with Crippen LogP contribution in [0.4, 0.5) is 18.9 Å². The fourth-order valence-corrected chi connectivity index (χ4v) is 1.86. The van der Waals surface area contributed by atoms with Crippen LogP contribution in [0.15, 0.2) is 36.7 Å². The van der Waals surface area contributed by atoms with Crippen LogP contribution in [0.3, 0.4) is 0 Å². The van der Waals surface area contributed by atoms with Crippen LogP contribution in [-0.2, 0) is 12.7 Å². The van der Waals surface area contributed by atoms with Gasteiger partial charge in [-0.15, -0.1) is 0 Å². The van der Waals surface area contributed by atoms with Crippen LogP contribution >= 0.6 is 12.2 Å². The van der Waals surface area contributed by atoms with Crippen LogP contribution in [0.25, 0.3) is 0 Å². The molecular formula is C13H13F3N4S. The van der Waals surface area contributed by atoms with Gasteiger partial charge in [0.25, 0.3) is 0 Å². The summed E-state index contributed by atoms with van der Waals surface area (Å²) in [6.45, 7) is 0.248. The Balaban J connectivity index is 2.10. The fraction of sp³-hybridized carbons (Fsp3) is 0.231. The average Bonchev–Trinajstić information content (AvgIpc) is 2.85. The van der Waals surface area contributed by atoms with E-state index in [4.69, 9.17) is 12.2 Å². The molecule has 4 nitrogen and oxygen atoms in total. The van der Waals surface area contributed by atoms with Gasteiger partial charge in [0, 0.05) is 13.2 Å². The van der Waals surface area contributed by atoms with E-state index in [0.29, 0.717) is 16.4 Å². The van der Waals surface area contributed by atoms with Crippen molar-refractivity contribution in [2.45, 2.75) is 12.7 Å². The predicted molar refractivity (Wildman–Crippen MR) is 78.1 cm³/mol. The highest BCUT2D eigenvalue weighted by atomic mass is 32.1. The number of nitrogens with one attached hydrogen (secondary N) is 2. The third-order valence-corrected chi connectivity index (χ3v) is 3.02. The molecule has 0 atom stereocenters. The number of nitrogens with zero attached hydrogens (tertiary/aromatic N) is 2. The van der Waals surface area contributed by atoms with Gasteiger partial charge in [0.2, 0.25) is 0 Å². The van der Waals surface area contributed by atoms with Gasteiger partial charge in [-0.05, 0) is 29.9 Å². The summed E-state index contributed by atoms with van der Waals surface area (Å²) < 4.78 is 39.5. The molecule has 1 heterocycles. The van der Waals surface area contributed by atoms with Gasteiger partial charge < -0.3 is 10.6 Å². The first-order valence-corrected chi connectivity index (χ1v) is 6.46. The Labute approximate surface area is 125 Å². The number of benzene rings is 1. The smallest absolute Gasteiger partial charge is 0.366 e. The predicted octanol–water partition coefficient (Wildman–Crippen LogP) is 2.87. The van der Waals surface area contributed by atoms with E-state index in [9.17, 15) is 13.2 Å². The zero-order valence-corrected chi connectivity index (χ0v) is 11.9. The highest BCUT2D eigenvalue weighted by molar-refractivity contribution is 7.80. The third kappa shape index (κ3) is 4.19. The molecule has 2 aromatic rings. The molecule has 0 fully saturated rings. The maximum absolute atomic E-state index is 12.6. The van der Waals surface area contributed by atoms with Gasteiger partial charge in [-0.2, -0.15) is 18.3 Å². The maximum Gasteiger partial charge on any atom is 0.416 e. The van der Waals surface area contributed by atoms with Gasteiger partial charge in [0.1, 0.15) is 0 Å². The summed E-state index contributed by atoms with van der Waals surface area (Å²) in [6, 6.07) is 5.18. The van der Waals surface area contributed by atoms with Gasteiger partial charge in [0.15, 0.2) is 5.11 Å². The summed E-state index contributed by atoms with van der Waals surface area (Å²) in [5, 5.41) is 10.2. The zero-order chi connectivity index (χ0) is 15.5. The molecule has 0 saturated heterocycles. The fourth-order valence-electron chi connectivity index (χ4n) is 1.74. The van der Waals surface area contributed by atoms with Crippen LogP contribution in [0.2, 0.25) is 0 Å². The van der Waals surface area contributed by atoms with Crippen molar-refractivity contribution >= 4 is 23.0 Å². The Bertz CT molecular complexity index is 636. The number of thiocarbonyl (C=S) groups is 1. The second-order valence-corrected chi connectivity index (χ2v) is 4.74. The van der Waals surface area contributed by atoms with E-state index in [-0.39, 0.29) is 6.54 Å². The maximum atomic E-state index is 12.6. The Kier molecular flexibility index (Phi) is 4.46. The first-order valence-electron chi connectivity index (χ1n) is 6.06. The first-order chi connectivity index (χ1) is 9.88. The molecule has 8 heteroatoms. The van der Waals surface area contributed by atoms with E-state index >= 15 is 0 Å². The second-order valence-electron chi connectivity index (χ2n) is 4.33. The number of rotatable bonds is 3. The number of hydrogen-bond donors (Lipinski definition) is 2. The van der Waals surface area contributed by atoms with E-state index < -0.39 is 11.7 Å². The standard InChI is InChI=1S/C13H13F3N4S/c1-17-12(21)19-11-6-18-20(8-11)7-9-3-2-4-10(5-9)13(14,15)16/h2-6,8H,7H2,1H3,(H2,17,19,21). The van der Waals surface area contributed by atoms with Crippen molar-refractivity contribution in [3.05, 3.63) is 47.8 Å². The summed E-state index contributed by atoms with van der Waals surface area (Å²) >= 11 is 4.95. The monoisotopic (exact) mass is 314 g/mol. The lowest BCUT2D eigenvalue weighted by Crippen LogP contribution is -2.23. The summed E-state index contributed by atoms with van der Waals surface area (Å²) in [5.74, 6) is 0. The lowest BCUT2D eigenvalue weighted by atomic mass is 10.1. The minimum Gasteiger partial charge on any atom is -0.366 e. The molecule has 0 bridgehead atoms. The van der Waals surface area contributed by atoms with Crippen LogP contribution in [0.5, 0.6) is 0 Å². The molecule has 2 rings (SSSR count). The molecule has 1 aromatic heterocycles. The molecule has 0 aliphatic carbocycles. The summed E-state index contributed by atoms with van der Waals surface area (Å²) in [7, 11) is 1.68. The van der Waals surface area contributed by atoms with Crippen LogP contribution in [0.1, 0.15) is 11.1 Å². The third-order valence-electron chi connectivity index (χ3n) is 2.72. The average molecular weight is 314 g/mol. The molecule has 0 radical (unpaired) electrons. The van der Waals surface area contributed by atoms with Crippen molar-refractivity contribution in [1.82, 2.24) is 15.1 Å². The van der Waals surface area contributed by atoms with Crippen molar-refractivity contribution in [3.63, 3.8) is 0 Å². The summed E-state index contributed by atoms with van der Waals surface area (Å²) in [4.78, 5) is 0. The van der Waals surface area contributed by atoms with Crippen molar-refractivity contribution in [3.8, 4) is 0 Å². The molecule has 1 aromatic carbocycles. The molecule has 0 aliphatic rings. The second kappa shape index (κ2) is 6.13. The number of hydrogen-bond acceptors (Lipinski definition) is 2. The van der Waals surface area contributed by atoms with E-state index in [1.165, 1.54) is 10.7 Å². The number of anilines is 1. The van der Waals surface area contributed by atoms with Crippen LogP contribution in [-0.4, -0.2) is 21.9 Å². The zero-order valence-electron chi connectivity index (χ0n) is 11.1. The minimum absolute atomic E-state index is 0.248. The molecular weight excluding hydrogens is 301 g/mol. The molecule has 2 N–H and O–H groups in total. The quantitative estimate of drug-likeness (QED) is 0.855. The molecule has 0 amide bonds. The minimum atomic E-state index is -4.34. The largest absolute Gasteiger partial charge is 0.416 e. The van der Waals surface area contributed by atoms with E-state index in [1.807, 2.05) is 0 Å². The van der Waals surface area contributed by atoms with Gasteiger partial charge in [-0.1, -0.05) is 12.1 Å². The molecule has 112 valence electrons. The lowest BCUT2D eigenvalue weighted by Gasteiger charge is -2.08. The van der Waals surface area contributed by atoms with Crippen molar-refractivity contribution in [2.75, 3.05) is 12.4 Å². The summed E-state index contributed by atoms with van der Waals surface area (Å²) in [5.41, 5.74) is 0.527. The molecule has 21 heavy (non-hydrogen) atoms. The highest BCUT2D eigenvalue weighted by Gasteiger charge is 2.30. The van der Waals surface area contributed by atoms with E-state index in [1.54, 1.807) is 25.5 Å². The Morgan fingerprint density at radius 3 is 2.81 bits per heavy atom. The van der Waals surface area contributed by atoms with Gasteiger partial charge in [0.05, 0.1) is 24.0 Å². The number of aromatic nitrogens is 2. The van der Waals surface area contributed by atoms with Crippen LogP contribution in [0, 0.1) is 0 Å². The first kappa shape index (κ1) is 15.3. The van der Waals surface area contributed by atoms with Crippen molar-refractivity contribution in [1.29, 1.82) is 0 Å². The van der Waals surface area contributed by atoms with Crippen LogP contribution < -0.4 is 10.6 Å². The Morgan fingerprint density at radius 1 is 1.38 bits per heavy atom. The van der Waals surface area contributed by atoms with Gasteiger partial charge >= 0.3 is 6.18 Å². The number of alkyl halides is 3. The molecule has 0 spiro atoms. The Morgan fingerprint density at radius 2 is 2.14 bits per heavy atom. The van der Waals surface area contributed by atoms with Crippen molar-refractivity contribution < 1.29 is 13.2 Å². The van der Waals surface area contributed by atoms with Gasteiger partial charge in [-0.25, -0.2) is 0 Å². The lowest BCUT2D eigenvalue weighted by molar-refractivity contribution is -0.137.